The number of ether oxygens (including phenoxy) is 2. The first-order valence-corrected chi connectivity index (χ1v) is 11.7. The molecule has 0 radical (unpaired) electrons. The van der Waals surface area contributed by atoms with Crippen molar-refractivity contribution >= 4 is 45.6 Å². The number of esters is 1. The highest BCUT2D eigenvalue weighted by atomic mass is 32.2. The van der Waals surface area contributed by atoms with Gasteiger partial charge in [-0.15, -0.1) is 0 Å². The van der Waals surface area contributed by atoms with E-state index in [4.69, 9.17) is 13.9 Å². The SMILES string of the molecule is CSCC[C@@H](NC(=O)OC(C)(C)C)C(=O)Oc1ccc2c(oc(=O)c3ccccc32)c1C. The molecule has 0 aliphatic rings. The molecule has 0 saturated heterocycles. The summed E-state index contributed by atoms with van der Waals surface area (Å²) in [5.74, 6) is 0.296. The van der Waals surface area contributed by atoms with E-state index in [9.17, 15) is 14.4 Å². The Hall–Kier alpha value is -3.00. The molecule has 0 bridgehead atoms. The lowest BCUT2D eigenvalue weighted by Gasteiger charge is -2.23. The van der Waals surface area contributed by atoms with Crippen LogP contribution in [0.4, 0.5) is 4.79 Å². The Bertz CT molecular complexity index is 1210. The van der Waals surface area contributed by atoms with Gasteiger partial charge in [0, 0.05) is 10.9 Å². The van der Waals surface area contributed by atoms with Crippen molar-refractivity contribution in [3.63, 3.8) is 0 Å². The predicted molar refractivity (Wildman–Crippen MR) is 127 cm³/mol. The van der Waals surface area contributed by atoms with Crippen LogP contribution in [0, 0.1) is 6.92 Å². The average molecular weight is 458 g/mol. The maximum absolute atomic E-state index is 12.9. The number of carbonyl (C=O) groups excluding carboxylic acids is 2. The van der Waals surface area contributed by atoms with Gasteiger partial charge in [0.15, 0.2) is 0 Å². The van der Waals surface area contributed by atoms with Gasteiger partial charge < -0.3 is 19.2 Å². The molecule has 1 N–H and O–H groups in total. The molecular weight excluding hydrogens is 430 g/mol. The molecule has 32 heavy (non-hydrogen) atoms. The van der Waals surface area contributed by atoms with Crippen LogP contribution in [-0.4, -0.2) is 35.7 Å². The first-order valence-electron chi connectivity index (χ1n) is 10.3. The normalized spacial score (nSPS) is 12.5. The first kappa shape index (κ1) is 23.7. The van der Waals surface area contributed by atoms with E-state index >= 15 is 0 Å². The van der Waals surface area contributed by atoms with E-state index in [0.29, 0.717) is 28.7 Å². The number of aryl methyl sites for hydroxylation is 1. The molecule has 1 atom stereocenters. The molecule has 7 nitrogen and oxygen atoms in total. The lowest BCUT2D eigenvalue weighted by molar-refractivity contribution is -0.136. The molecule has 1 aromatic heterocycles. The molecule has 8 heteroatoms. The molecule has 170 valence electrons. The van der Waals surface area contributed by atoms with Crippen LogP contribution in [0.3, 0.4) is 0 Å². The monoisotopic (exact) mass is 457 g/mol. The highest BCUT2D eigenvalue weighted by molar-refractivity contribution is 7.98. The Kier molecular flexibility index (Phi) is 7.13. The molecular formula is C24H27NO6S. The lowest BCUT2D eigenvalue weighted by atomic mass is 10.0. The molecule has 0 aliphatic heterocycles. The van der Waals surface area contributed by atoms with Crippen molar-refractivity contribution < 1.29 is 23.5 Å². The van der Waals surface area contributed by atoms with Gasteiger partial charge in [0.2, 0.25) is 0 Å². The van der Waals surface area contributed by atoms with Crippen LogP contribution in [0.25, 0.3) is 21.7 Å². The molecule has 0 saturated carbocycles. The molecule has 1 heterocycles. The number of benzene rings is 2. The van der Waals surface area contributed by atoms with Crippen LogP contribution in [0.1, 0.15) is 32.8 Å². The van der Waals surface area contributed by atoms with Crippen LogP contribution in [0.5, 0.6) is 5.75 Å². The number of thioether (sulfide) groups is 1. The molecule has 3 rings (SSSR count). The topological polar surface area (TPSA) is 94.8 Å². The Morgan fingerprint density at radius 1 is 1.09 bits per heavy atom. The van der Waals surface area contributed by atoms with Gasteiger partial charge in [-0.05, 0) is 69.7 Å². The van der Waals surface area contributed by atoms with Crippen LogP contribution in [0.2, 0.25) is 0 Å². The fraction of sp³-hybridized carbons (Fsp3) is 0.375. The highest BCUT2D eigenvalue weighted by Gasteiger charge is 2.26. The van der Waals surface area contributed by atoms with Crippen molar-refractivity contribution in [1.29, 1.82) is 0 Å². The second kappa shape index (κ2) is 9.65. The molecule has 0 aliphatic carbocycles. The van der Waals surface area contributed by atoms with Crippen molar-refractivity contribution in [3.05, 3.63) is 52.4 Å². The minimum Gasteiger partial charge on any atom is -0.444 e. The number of amides is 1. The quantitative estimate of drug-likeness (QED) is 0.246. The Labute approximate surface area is 190 Å². The van der Waals surface area contributed by atoms with Crippen molar-refractivity contribution in [2.75, 3.05) is 12.0 Å². The van der Waals surface area contributed by atoms with Crippen LogP contribution < -0.4 is 15.7 Å². The van der Waals surface area contributed by atoms with Gasteiger partial charge in [-0.2, -0.15) is 11.8 Å². The van der Waals surface area contributed by atoms with E-state index in [1.54, 1.807) is 63.7 Å². The summed E-state index contributed by atoms with van der Waals surface area (Å²) in [6.45, 7) is 6.97. The molecule has 0 fully saturated rings. The van der Waals surface area contributed by atoms with Crippen LogP contribution in [-0.2, 0) is 9.53 Å². The minimum atomic E-state index is -0.879. The average Bonchev–Trinajstić information content (AvgIpc) is 2.72. The number of nitrogens with one attached hydrogen (secondary N) is 1. The van der Waals surface area contributed by atoms with E-state index in [1.165, 1.54) is 0 Å². The second-order valence-corrected chi connectivity index (χ2v) is 9.39. The van der Waals surface area contributed by atoms with Gasteiger partial charge in [0.1, 0.15) is 23.0 Å². The zero-order valence-corrected chi connectivity index (χ0v) is 19.6. The summed E-state index contributed by atoms with van der Waals surface area (Å²) < 4.78 is 16.4. The molecule has 1 amide bonds. The van der Waals surface area contributed by atoms with Crippen molar-refractivity contribution in [2.24, 2.45) is 0 Å². The van der Waals surface area contributed by atoms with E-state index in [0.717, 1.165) is 10.8 Å². The van der Waals surface area contributed by atoms with Gasteiger partial charge in [-0.3, -0.25) is 0 Å². The maximum atomic E-state index is 12.9. The lowest BCUT2D eigenvalue weighted by Crippen LogP contribution is -2.45. The molecule has 3 aromatic rings. The predicted octanol–water partition coefficient (Wildman–Crippen LogP) is 4.81. The summed E-state index contributed by atoms with van der Waals surface area (Å²) in [4.78, 5) is 37.5. The van der Waals surface area contributed by atoms with Crippen molar-refractivity contribution in [3.8, 4) is 5.75 Å². The first-order chi connectivity index (χ1) is 15.1. The van der Waals surface area contributed by atoms with Crippen LogP contribution >= 0.6 is 11.8 Å². The zero-order valence-electron chi connectivity index (χ0n) is 18.8. The van der Waals surface area contributed by atoms with E-state index in [1.807, 2.05) is 18.4 Å². The van der Waals surface area contributed by atoms with Gasteiger partial charge in [0.25, 0.3) is 0 Å². The van der Waals surface area contributed by atoms with E-state index in [2.05, 4.69) is 5.32 Å². The van der Waals surface area contributed by atoms with Crippen molar-refractivity contribution in [2.45, 2.75) is 45.8 Å². The molecule has 0 spiro atoms. The van der Waals surface area contributed by atoms with E-state index < -0.39 is 29.3 Å². The summed E-state index contributed by atoms with van der Waals surface area (Å²) in [7, 11) is 0. The largest absolute Gasteiger partial charge is 0.444 e. The fourth-order valence-electron chi connectivity index (χ4n) is 3.29. The van der Waals surface area contributed by atoms with Gasteiger partial charge >= 0.3 is 17.7 Å². The minimum absolute atomic E-state index is 0.265. The highest BCUT2D eigenvalue weighted by Crippen LogP contribution is 2.31. The second-order valence-electron chi connectivity index (χ2n) is 8.40. The number of fused-ring (bicyclic) bond motifs is 3. The molecule has 0 unspecified atom stereocenters. The van der Waals surface area contributed by atoms with Crippen LogP contribution in [0.15, 0.2) is 45.6 Å². The Balaban J connectivity index is 1.89. The number of carbonyl (C=O) groups is 2. The third kappa shape index (κ3) is 5.43. The number of rotatable bonds is 6. The summed E-state index contributed by atoms with van der Waals surface area (Å²) in [5.41, 5.74) is -0.253. The fourth-order valence-corrected chi connectivity index (χ4v) is 3.76. The number of alkyl carbamates (subject to hydrolysis) is 1. The Morgan fingerprint density at radius 3 is 2.44 bits per heavy atom. The third-order valence-electron chi connectivity index (χ3n) is 4.78. The van der Waals surface area contributed by atoms with Gasteiger partial charge in [0.05, 0.1) is 5.39 Å². The third-order valence-corrected chi connectivity index (χ3v) is 5.43. The summed E-state index contributed by atoms with van der Waals surface area (Å²) in [6, 6.07) is 9.74. The summed E-state index contributed by atoms with van der Waals surface area (Å²) in [6.07, 6.45) is 1.61. The number of hydrogen-bond donors (Lipinski definition) is 1. The maximum Gasteiger partial charge on any atom is 0.408 e. The van der Waals surface area contributed by atoms with E-state index in [-0.39, 0.29) is 5.75 Å². The van der Waals surface area contributed by atoms with Gasteiger partial charge in [-0.1, -0.05) is 18.2 Å². The summed E-state index contributed by atoms with van der Waals surface area (Å²) >= 11 is 1.55. The smallest absolute Gasteiger partial charge is 0.408 e. The zero-order chi connectivity index (χ0) is 23.5. The van der Waals surface area contributed by atoms with Gasteiger partial charge in [-0.25, -0.2) is 14.4 Å². The number of hydrogen-bond acceptors (Lipinski definition) is 7. The molecule has 2 aromatic carbocycles. The van der Waals surface area contributed by atoms with Crippen molar-refractivity contribution in [1.82, 2.24) is 5.32 Å². The Morgan fingerprint density at radius 2 is 1.78 bits per heavy atom. The standard InChI is InChI=1S/C24H27NO6S/c1-14-19(11-10-16-15-8-6-7-9-17(15)21(26)30-20(14)16)29-22(27)18(12-13-32-5)25-23(28)31-24(2,3)4/h6-11,18H,12-13H2,1-5H3,(H,25,28)/t18-/m1/s1. The summed E-state index contributed by atoms with van der Waals surface area (Å²) in [5, 5.41) is 4.61.